The van der Waals surface area contributed by atoms with Gasteiger partial charge in [0.15, 0.2) is 5.78 Å². The number of hydrogen-bond acceptors (Lipinski definition) is 5. The van der Waals surface area contributed by atoms with Crippen LogP contribution in [0, 0.1) is 5.82 Å². The molecule has 0 unspecified atom stereocenters. The average molecular weight is 471 g/mol. The Hall–Kier alpha value is -1.94. The van der Waals surface area contributed by atoms with Gasteiger partial charge in [-0.3, -0.25) is 9.59 Å². The van der Waals surface area contributed by atoms with Crippen LogP contribution in [0.25, 0.3) is 0 Å². The SMILES string of the molecule is CC(=O)c1ccc(S(=O)(=O)N2CCN(C(=O)CSc3ccc(F)c(Cl)c3)CC2)cc1. The van der Waals surface area contributed by atoms with Crippen LogP contribution in [-0.4, -0.2) is 61.2 Å². The molecule has 2 aromatic carbocycles. The topological polar surface area (TPSA) is 74.8 Å². The van der Waals surface area contributed by atoms with Gasteiger partial charge in [0.25, 0.3) is 0 Å². The van der Waals surface area contributed by atoms with Crippen LogP contribution in [0.2, 0.25) is 5.02 Å². The third-order valence-corrected chi connectivity index (χ3v) is 7.92. The summed E-state index contributed by atoms with van der Waals surface area (Å²) in [5, 5.41) is 0.00241. The maximum absolute atomic E-state index is 13.2. The molecule has 1 saturated heterocycles. The fourth-order valence-corrected chi connectivity index (χ4v) is 5.50. The second kappa shape index (κ2) is 9.47. The van der Waals surface area contributed by atoms with Crippen LogP contribution in [-0.2, 0) is 14.8 Å². The van der Waals surface area contributed by atoms with E-state index in [-0.39, 0.29) is 53.5 Å². The number of piperazine rings is 1. The van der Waals surface area contributed by atoms with Crippen LogP contribution in [0.4, 0.5) is 4.39 Å². The van der Waals surface area contributed by atoms with Crippen LogP contribution in [0.1, 0.15) is 17.3 Å². The lowest BCUT2D eigenvalue weighted by molar-refractivity contribution is -0.129. The Morgan fingerprint density at radius 1 is 1.07 bits per heavy atom. The molecule has 1 amide bonds. The zero-order chi connectivity index (χ0) is 21.9. The highest BCUT2D eigenvalue weighted by molar-refractivity contribution is 8.00. The lowest BCUT2D eigenvalue weighted by atomic mass is 10.2. The predicted molar refractivity (Wildman–Crippen MR) is 114 cm³/mol. The van der Waals surface area contributed by atoms with Crippen LogP contribution in [0.15, 0.2) is 52.3 Å². The van der Waals surface area contributed by atoms with Crippen molar-refractivity contribution in [3.05, 3.63) is 58.9 Å². The minimum absolute atomic E-state index is 0.00241. The van der Waals surface area contributed by atoms with Gasteiger partial charge in [-0.05, 0) is 37.3 Å². The third kappa shape index (κ3) is 5.21. The summed E-state index contributed by atoms with van der Waals surface area (Å²) >= 11 is 7.00. The molecule has 1 heterocycles. The number of benzene rings is 2. The number of halogens is 2. The first kappa shape index (κ1) is 22.7. The average Bonchev–Trinajstić information content (AvgIpc) is 2.74. The fourth-order valence-electron chi connectivity index (χ4n) is 2.99. The molecule has 6 nitrogen and oxygen atoms in total. The molecule has 0 saturated carbocycles. The minimum atomic E-state index is -3.69. The van der Waals surface area contributed by atoms with Crippen molar-refractivity contribution in [1.82, 2.24) is 9.21 Å². The molecule has 1 fully saturated rings. The van der Waals surface area contributed by atoms with E-state index in [1.54, 1.807) is 11.0 Å². The molecule has 0 N–H and O–H groups in total. The molecule has 160 valence electrons. The van der Waals surface area contributed by atoms with Crippen molar-refractivity contribution < 1.29 is 22.4 Å². The molecule has 10 heteroatoms. The number of rotatable bonds is 6. The summed E-state index contributed by atoms with van der Waals surface area (Å²) in [6.07, 6.45) is 0. The molecule has 1 aliphatic rings. The molecule has 1 aliphatic heterocycles. The van der Waals surface area contributed by atoms with E-state index in [1.165, 1.54) is 59.4 Å². The standard InChI is InChI=1S/C20H20ClFN2O4S2/c1-14(25)15-2-5-17(6-3-15)30(27,28)24-10-8-23(9-11-24)20(26)13-29-16-4-7-19(22)18(21)12-16/h2-7,12H,8-11,13H2,1H3. The van der Waals surface area contributed by atoms with E-state index in [1.807, 2.05) is 0 Å². The Kier molecular flexibility index (Phi) is 7.18. The molecular weight excluding hydrogens is 451 g/mol. The molecule has 0 atom stereocenters. The Morgan fingerprint density at radius 2 is 1.70 bits per heavy atom. The lowest BCUT2D eigenvalue weighted by Crippen LogP contribution is -2.50. The van der Waals surface area contributed by atoms with Crippen LogP contribution in [0.5, 0.6) is 0 Å². The van der Waals surface area contributed by atoms with E-state index in [9.17, 15) is 22.4 Å². The number of carbonyl (C=O) groups excluding carboxylic acids is 2. The van der Waals surface area contributed by atoms with Gasteiger partial charge in [0.2, 0.25) is 15.9 Å². The second-order valence-corrected chi connectivity index (χ2v) is 10.1. The molecule has 0 aliphatic carbocycles. The molecule has 2 aromatic rings. The van der Waals surface area contributed by atoms with E-state index in [0.717, 1.165) is 0 Å². The van der Waals surface area contributed by atoms with Gasteiger partial charge in [0.05, 0.1) is 15.7 Å². The Morgan fingerprint density at radius 3 is 2.27 bits per heavy atom. The zero-order valence-corrected chi connectivity index (χ0v) is 18.6. The predicted octanol–water partition coefficient (Wildman–Crippen LogP) is 3.31. The quantitative estimate of drug-likeness (QED) is 0.478. The van der Waals surface area contributed by atoms with Crippen molar-refractivity contribution in [2.24, 2.45) is 0 Å². The Bertz CT molecular complexity index is 1050. The smallest absolute Gasteiger partial charge is 0.243 e. The molecule has 0 bridgehead atoms. The first-order chi connectivity index (χ1) is 14.2. The Balaban J connectivity index is 1.56. The van der Waals surface area contributed by atoms with E-state index in [2.05, 4.69) is 0 Å². The number of thioether (sulfide) groups is 1. The Labute approximate surface area is 184 Å². The zero-order valence-electron chi connectivity index (χ0n) is 16.2. The maximum atomic E-state index is 13.2. The van der Waals surface area contributed by atoms with E-state index in [0.29, 0.717) is 10.5 Å². The third-order valence-electron chi connectivity index (χ3n) is 4.74. The highest BCUT2D eigenvalue weighted by Gasteiger charge is 2.30. The number of Topliss-reactive ketones (excluding diaryl/α,β-unsaturated/α-hetero) is 1. The lowest BCUT2D eigenvalue weighted by Gasteiger charge is -2.34. The van der Waals surface area contributed by atoms with Gasteiger partial charge in [-0.2, -0.15) is 4.31 Å². The van der Waals surface area contributed by atoms with Crippen LogP contribution >= 0.6 is 23.4 Å². The van der Waals surface area contributed by atoms with Crippen molar-refractivity contribution in [3.63, 3.8) is 0 Å². The molecule has 30 heavy (non-hydrogen) atoms. The number of amides is 1. The van der Waals surface area contributed by atoms with Crippen molar-refractivity contribution in [2.75, 3.05) is 31.9 Å². The number of sulfonamides is 1. The highest BCUT2D eigenvalue weighted by atomic mass is 35.5. The summed E-state index contributed by atoms with van der Waals surface area (Å²) in [6, 6.07) is 10.1. The monoisotopic (exact) mass is 470 g/mol. The number of nitrogens with zero attached hydrogens (tertiary/aromatic N) is 2. The molecule has 0 radical (unpaired) electrons. The largest absolute Gasteiger partial charge is 0.339 e. The summed E-state index contributed by atoms with van der Waals surface area (Å²) < 4.78 is 40.2. The maximum Gasteiger partial charge on any atom is 0.243 e. The van der Waals surface area contributed by atoms with Gasteiger partial charge in [0.1, 0.15) is 5.82 Å². The van der Waals surface area contributed by atoms with Crippen LogP contribution < -0.4 is 0 Å². The van der Waals surface area contributed by atoms with E-state index in [4.69, 9.17) is 11.6 Å². The normalized spacial score (nSPS) is 15.2. The van der Waals surface area contributed by atoms with Gasteiger partial charge < -0.3 is 4.90 Å². The summed E-state index contributed by atoms with van der Waals surface area (Å²) in [4.78, 5) is 26.2. The molecule has 3 rings (SSSR count). The van der Waals surface area contributed by atoms with Crippen molar-refractivity contribution in [1.29, 1.82) is 0 Å². The van der Waals surface area contributed by atoms with Gasteiger partial charge in [-0.1, -0.05) is 23.7 Å². The molecule has 0 spiro atoms. The van der Waals surface area contributed by atoms with E-state index < -0.39 is 15.8 Å². The van der Waals surface area contributed by atoms with Gasteiger partial charge in [-0.25, -0.2) is 12.8 Å². The van der Waals surface area contributed by atoms with Gasteiger partial charge in [-0.15, -0.1) is 11.8 Å². The highest BCUT2D eigenvalue weighted by Crippen LogP contribution is 2.25. The van der Waals surface area contributed by atoms with Crippen molar-refractivity contribution in [2.45, 2.75) is 16.7 Å². The minimum Gasteiger partial charge on any atom is -0.339 e. The van der Waals surface area contributed by atoms with Gasteiger partial charge in [0, 0.05) is 36.6 Å². The summed E-state index contributed by atoms with van der Waals surface area (Å²) in [5.74, 6) is -0.614. The van der Waals surface area contributed by atoms with Crippen LogP contribution in [0.3, 0.4) is 0 Å². The number of hydrogen-bond donors (Lipinski definition) is 0. The summed E-state index contributed by atoms with van der Waals surface area (Å²) in [5.41, 5.74) is 0.448. The molecule has 0 aromatic heterocycles. The second-order valence-electron chi connectivity index (χ2n) is 6.73. The number of carbonyl (C=O) groups is 2. The van der Waals surface area contributed by atoms with E-state index >= 15 is 0 Å². The van der Waals surface area contributed by atoms with Crippen molar-refractivity contribution in [3.8, 4) is 0 Å². The first-order valence-electron chi connectivity index (χ1n) is 9.15. The van der Waals surface area contributed by atoms with Crippen molar-refractivity contribution >= 4 is 45.1 Å². The molecular formula is C20H20ClFN2O4S2. The summed E-state index contributed by atoms with van der Waals surface area (Å²) in [7, 11) is -3.69. The summed E-state index contributed by atoms with van der Waals surface area (Å²) in [6.45, 7) is 2.37. The fraction of sp³-hybridized carbons (Fsp3) is 0.300. The number of ketones is 1. The van der Waals surface area contributed by atoms with Gasteiger partial charge >= 0.3 is 0 Å². The first-order valence-corrected chi connectivity index (χ1v) is 12.0.